The number of Topliss-reactive ketones (excluding diaryl/α,β-unsaturated/α-hetero) is 1. The van der Waals surface area contributed by atoms with E-state index < -0.39 is 17.7 Å². The number of fused-ring (bicyclic) bond motifs is 1. The minimum atomic E-state index is -1.02. The molecule has 0 radical (unpaired) electrons. The maximum Gasteiger partial charge on any atom is 0.301 e. The lowest BCUT2D eigenvalue weighted by molar-refractivity contribution is -0.132. The highest BCUT2D eigenvalue weighted by Gasteiger charge is 2.48. The molecule has 0 unspecified atom stereocenters. The number of carbonyl (C=O) groups excluding carboxylic acids is 2. The molecule has 0 bridgehead atoms. The standard InChI is InChI=1S/C28H24N2O7S/c1-34-17-10-11-18-21(14-17)38-28(29-18)30-23(16-12-19(35-2)26(37-4)20(13-16)36-3)22(25(32)27(30)33)24(31)15-8-6-5-7-9-15/h5-14,23,31H,1-4H3/b24-22+/t23-/m0/s1. The highest BCUT2D eigenvalue weighted by atomic mass is 32.1. The zero-order chi connectivity index (χ0) is 27.0. The first kappa shape index (κ1) is 25.1. The van der Waals surface area contributed by atoms with Crippen LogP contribution in [-0.4, -0.2) is 50.2 Å². The highest BCUT2D eigenvalue weighted by Crippen LogP contribution is 2.48. The van der Waals surface area contributed by atoms with E-state index in [1.54, 1.807) is 61.7 Å². The van der Waals surface area contributed by atoms with Gasteiger partial charge in [-0.05, 0) is 35.9 Å². The molecule has 0 saturated carbocycles. The molecule has 1 aliphatic rings. The SMILES string of the molecule is COc1ccc2nc(N3C(=O)C(=O)/C(=C(/O)c4ccccc4)[C@@H]3c3cc(OC)c(OC)c(OC)c3)sc2c1. The van der Waals surface area contributed by atoms with Crippen molar-refractivity contribution >= 4 is 44.1 Å². The second kappa shape index (κ2) is 10.1. The van der Waals surface area contributed by atoms with Crippen LogP contribution in [0.15, 0.2) is 66.2 Å². The van der Waals surface area contributed by atoms with E-state index in [1.807, 2.05) is 6.07 Å². The van der Waals surface area contributed by atoms with Crippen LogP contribution in [0.4, 0.5) is 5.13 Å². The molecule has 1 amide bonds. The number of rotatable bonds is 7. The van der Waals surface area contributed by atoms with Gasteiger partial charge in [-0.15, -0.1) is 0 Å². The van der Waals surface area contributed by atoms with Crippen LogP contribution in [0.25, 0.3) is 16.0 Å². The quantitative estimate of drug-likeness (QED) is 0.202. The number of carbonyl (C=O) groups is 2. The van der Waals surface area contributed by atoms with Crippen molar-refractivity contribution < 1.29 is 33.6 Å². The highest BCUT2D eigenvalue weighted by molar-refractivity contribution is 7.22. The number of methoxy groups -OCH3 is 4. The van der Waals surface area contributed by atoms with Gasteiger partial charge in [0.1, 0.15) is 11.5 Å². The number of aromatic nitrogens is 1. The van der Waals surface area contributed by atoms with Crippen molar-refractivity contribution in [1.82, 2.24) is 4.98 Å². The van der Waals surface area contributed by atoms with E-state index in [9.17, 15) is 14.7 Å². The molecule has 1 fully saturated rings. The summed E-state index contributed by atoms with van der Waals surface area (Å²) in [4.78, 5) is 33.0. The Kier molecular flexibility index (Phi) is 6.64. The Balaban J connectivity index is 1.77. The van der Waals surface area contributed by atoms with Gasteiger partial charge < -0.3 is 24.1 Å². The van der Waals surface area contributed by atoms with Gasteiger partial charge in [0, 0.05) is 5.56 Å². The fraction of sp³-hybridized carbons (Fsp3) is 0.179. The van der Waals surface area contributed by atoms with Gasteiger partial charge in [-0.3, -0.25) is 14.5 Å². The van der Waals surface area contributed by atoms with E-state index in [-0.39, 0.29) is 11.3 Å². The van der Waals surface area contributed by atoms with Gasteiger partial charge in [0.05, 0.1) is 50.3 Å². The lowest BCUT2D eigenvalue weighted by Gasteiger charge is -2.24. The molecule has 194 valence electrons. The summed E-state index contributed by atoms with van der Waals surface area (Å²) < 4.78 is 22.6. The molecular formula is C28H24N2O7S. The number of nitrogens with zero attached hydrogens (tertiary/aromatic N) is 2. The Labute approximate surface area is 222 Å². The van der Waals surface area contributed by atoms with E-state index in [4.69, 9.17) is 18.9 Å². The number of thiazole rings is 1. The molecule has 1 saturated heterocycles. The molecule has 1 atom stereocenters. The van der Waals surface area contributed by atoms with Gasteiger partial charge in [0.25, 0.3) is 5.78 Å². The van der Waals surface area contributed by atoms with Crippen molar-refractivity contribution in [2.75, 3.05) is 33.3 Å². The number of hydrogen-bond donors (Lipinski definition) is 1. The predicted octanol–water partition coefficient (Wildman–Crippen LogP) is 4.96. The number of amides is 1. The summed E-state index contributed by atoms with van der Waals surface area (Å²) >= 11 is 1.24. The minimum Gasteiger partial charge on any atom is -0.507 e. The van der Waals surface area contributed by atoms with Crippen LogP contribution in [0.1, 0.15) is 17.2 Å². The number of ether oxygens (including phenoxy) is 4. The molecule has 3 aromatic carbocycles. The van der Waals surface area contributed by atoms with Crippen molar-refractivity contribution in [2.24, 2.45) is 0 Å². The summed E-state index contributed by atoms with van der Waals surface area (Å²) in [6, 6.07) is 16.2. The molecule has 5 rings (SSSR count). The van der Waals surface area contributed by atoms with Gasteiger partial charge >= 0.3 is 5.91 Å². The third-order valence-electron chi connectivity index (χ3n) is 6.28. The third kappa shape index (κ3) is 4.08. The molecule has 0 spiro atoms. The van der Waals surface area contributed by atoms with Crippen molar-refractivity contribution in [2.45, 2.75) is 6.04 Å². The maximum absolute atomic E-state index is 13.6. The van der Waals surface area contributed by atoms with Gasteiger partial charge in [0.2, 0.25) is 5.75 Å². The number of benzene rings is 3. The fourth-order valence-electron chi connectivity index (χ4n) is 4.48. The summed E-state index contributed by atoms with van der Waals surface area (Å²) in [7, 11) is 6.00. The largest absolute Gasteiger partial charge is 0.507 e. The molecule has 38 heavy (non-hydrogen) atoms. The number of ketones is 1. The summed E-state index contributed by atoms with van der Waals surface area (Å²) in [5.74, 6) is -0.282. The molecule has 1 N–H and O–H groups in total. The van der Waals surface area contributed by atoms with E-state index >= 15 is 0 Å². The number of aliphatic hydroxyl groups excluding tert-OH is 1. The Hall–Kier alpha value is -4.57. The average molecular weight is 533 g/mol. The third-order valence-corrected chi connectivity index (χ3v) is 7.30. The zero-order valence-corrected chi connectivity index (χ0v) is 21.9. The Morgan fingerprint density at radius 1 is 0.895 bits per heavy atom. The average Bonchev–Trinajstić information content (AvgIpc) is 3.49. The Morgan fingerprint density at radius 3 is 2.18 bits per heavy atom. The Bertz CT molecular complexity index is 1550. The van der Waals surface area contributed by atoms with Gasteiger partial charge in [0.15, 0.2) is 16.6 Å². The molecule has 1 aliphatic heterocycles. The van der Waals surface area contributed by atoms with Crippen LogP contribution >= 0.6 is 11.3 Å². The van der Waals surface area contributed by atoms with E-state index in [0.29, 0.717) is 44.8 Å². The number of hydrogen-bond acceptors (Lipinski definition) is 9. The van der Waals surface area contributed by atoms with Crippen LogP contribution < -0.4 is 23.8 Å². The van der Waals surface area contributed by atoms with Crippen LogP contribution in [0.3, 0.4) is 0 Å². The number of anilines is 1. The molecule has 4 aromatic rings. The normalized spacial score (nSPS) is 16.6. The number of aliphatic hydroxyl groups is 1. The first-order chi connectivity index (χ1) is 18.4. The second-order valence-corrected chi connectivity index (χ2v) is 9.33. The van der Waals surface area contributed by atoms with Gasteiger partial charge in [-0.2, -0.15) is 0 Å². The van der Waals surface area contributed by atoms with Gasteiger partial charge in [-0.25, -0.2) is 4.98 Å². The van der Waals surface area contributed by atoms with Crippen molar-refractivity contribution in [1.29, 1.82) is 0 Å². The van der Waals surface area contributed by atoms with Crippen molar-refractivity contribution in [3.8, 4) is 23.0 Å². The maximum atomic E-state index is 13.6. The Morgan fingerprint density at radius 2 is 1.58 bits per heavy atom. The second-order valence-electron chi connectivity index (χ2n) is 8.32. The summed E-state index contributed by atoms with van der Waals surface area (Å²) in [6.07, 6.45) is 0. The lowest BCUT2D eigenvalue weighted by atomic mass is 9.95. The molecule has 1 aromatic heterocycles. The van der Waals surface area contributed by atoms with Crippen LogP contribution in [0, 0.1) is 0 Å². The lowest BCUT2D eigenvalue weighted by Crippen LogP contribution is -2.29. The first-order valence-electron chi connectivity index (χ1n) is 11.5. The zero-order valence-electron chi connectivity index (χ0n) is 21.1. The van der Waals surface area contributed by atoms with E-state index in [0.717, 1.165) is 4.70 Å². The first-order valence-corrected chi connectivity index (χ1v) is 12.3. The fourth-order valence-corrected chi connectivity index (χ4v) is 5.50. The molecule has 0 aliphatic carbocycles. The molecule has 9 nitrogen and oxygen atoms in total. The molecular weight excluding hydrogens is 508 g/mol. The summed E-state index contributed by atoms with van der Waals surface area (Å²) in [5, 5.41) is 11.6. The molecule has 10 heteroatoms. The van der Waals surface area contributed by atoms with Crippen molar-refractivity contribution in [3.63, 3.8) is 0 Å². The predicted molar refractivity (Wildman–Crippen MR) is 143 cm³/mol. The minimum absolute atomic E-state index is 0.0766. The summed E-state index contributed by atoms with van der Waals surface area (Å²) in [5.41, 5.74) is 1.43. The van der Waals surface area contributed by atoms with Gasteiger partial charge in [-0.1, -0.05) is 41.7 Å². The van der Waals surface area contributed by atoms with E-state index in [1.165, 1.54) is 37.6 Å². The van der Waals surface area contributed by atoms with Crippen LogP contribution in [0.2, 0.25) is 0 Å². The van der Waals surface area contributed by atoms with Crippen molar-refractivity contribution in [3.05, 3.63) is 77.4 Å². The molecule has 2 heterocycles. The van der Waals surface area contributed by atoms with Crippen LogP contribution in [0.5, 0.6) is 23.0 Å². The topological polar surface area (TPSA) is 107 Å². The van der Waals surface area contributed by atoms with E-state index in [2.05, 4.69) is 4.98 Å². The van der Waals surface area contributed by atoms with Crippen LogP contribution in [-0.2, 0) is 9.59 Å². The summed E-state index contributed by atoms with van der Waals surface area (Å²) in [6.45, 7) is 0. The monoisotopic (exact) mass is 532 g/mol. The smallest absolute Gasteiger partial charge is 0.301 e.